The van der Waals surface area contributed by atoms with E-state index in [-0.39, 0.29) is 0 Å². The first-order valence-corrected chi connectivity index (χ1v) is 7.83. The molecule has 21 heavy (non-hydrogen) atoms. The van der Waals surface area contributed by atoms with E-state index in [1.807, 2.05) is 43.3 Å². The van der Waals surface area contributed by atoms with E-state index in [0.717, 1.165) is 34.2 Å². The molecule has 4 heteroatoms. The molecule has 1 saturated carbocycles. The molecule has 0 amide bonds. The van der Waals surface area contributed by atoms with Crippen LogP contribution in [0.3, 0.4) is 0 Å². The summed E-state index contributed by atoms with van der Waals surface area (Å²) in [5.74, 6) is 1.65. The Kier molecular flexibility index (Phi) is 4.39. The molecule has 0 bridgehead atoms. The first-order valence-electron chi connectivity index (χ1n) is 7.07. The molecule has 0 heterocycles. The van der Waals surface area contributed by atoms with Gasteiger partial charge in [-0.1, -0.05) is 23.2 Å². The predicted octanol–water partition coefficient (Wildman–Crippen LogP) is 5.35. The highest BCUT2D eigenvalue weighted by Gasteiger charge is 2.20. The number of nitrogens with one attached hydrogen (secondary N) is 1. The minimum Gasteiger partial charge on any atom is -0.457 e. The van der Waals surface area contributed by atoms with Gasteiger partial charge in [0.2, 0.25) is 0 Å². The van der Waals surface area contributed by atoms with E-state index in [4.69, 9.17) is 27.9 Å². The molecule has 0 radical (unpaired) electrons. The standard InChI is InChI=1S/C17H17Cl2NO/c1-11-8-13(18)2-6-16(11)21-17-7-3-14(19)9-12(17)10-20-15-4-5-15/h2-3,6-9,15,20H,4-5,10H2,1H3. The first-order chi connectivity index (χ1) is 10.1. The van der Waals surface area contributed by atoms with Crippen LogP contribution in [0.5, 0.6) is 11.5 Å². The lowest BCUT2D eigenvalue weighted by molar-refractivity contribution is 0.469. The number of hydrogen-bond donors (Lipinski definition) is 1. The van der Waals surface area contributed by atoms with E-state index in [2.05, 4.69) is 5.32 Å². The molecule has 2 aromatic rings. The van der Waals surface area contributed by atoms with Gasteiger partial charge in [-0.25, -0.2) is 0 Å². The van der Waals surface area contributed by atoms with Crippen LogP contribution in [0, 0.1) is 6.92 Å². The second-order valence-corrected chi connectivity index (χ2v) is 6.29. The van der Waals surface area contributed by atoms with Gasteiger partial charge in [-0.05, 0) is 61.7 Å². The van der Waals surface area contributed by atoms with Gasteiger partial charge in [-0.3, -0.25) is 0 Å². The fourth-order valence-electron chi connectivity index (χ4n) is 2.17. The maximum absolute atomic E-state index is 6.10. The Labute approximate surface area is 135 Å². The lowest BCUT2D eigenvalue weighted by Gasteiger charge is -2.14. The summed E-state index contributed by atoms with van der Waals surface area (Å²) in [6.07, 6.45) is 2.51. The third-order valence-electron chi connectivity index (χ3n) is 3.54. The molecule has 1 aliphatic carbocycles. The van der Waals surface area contributed by atoms with Gasteiger partial charge in [-0.2, -0.15) is 0 Å². The van der Waals surface area contributed by atoms with Crippen molar-refractivity contribution in [2.24, 2.45) is 0 Å². The smallest absolute Gasteiger partial charge is 0.132 e. The summed E-state index contributed by atoms with van der Waals surface area (Å²) in [6.45, 7) is 2.76. The lowest BCUT2D eigenvalue weighted by Crippen LogP contribution is -2.15. The van der Waals surface area contributed by atoms with Crippen molar-refractivity contribution in [3.8, 4) is 11.5 Å². The van der Waals surface area contributed by atoms with Gasteiger partial charge in [0.25, 0.3) is 0 Å². The quantitative estimate of drug-likeness (QED) is 0.801. The summed E-state index contributed by atoms with van der Waals surface area (Å²) in [5, 5.41) is 4.93. The number of ether oxygens (including phenoxy) is 1. The van der Waals surface area contributed by atoms with Crippen molar-refractivity contribution in [1.29, 1.82) is 0 Å². The van der Waals surface area contributed by atoms with Gasteiger partial charge in [0.15, 0.2) is 0 Å². The molecular weight excluding hydrogens is 305 g/mol. The zero-order valence-electron chi connectivity index (χ0n) is 11.8. The summed E-state index contributed by atoms with van der Waals surface area (Å²) < 4.78 is 6.05. The largest absolute Gasteiger partial charge is 0.457 e. The maximum atomic E-state index is 6.10. The van der Waals surface area contributed by atoms with E-state index >= 15 is 0 Å². The Morgan fingerprint density at radius 2 is 1.71 bits per heavy atom. The summed E-state index contributed by atoms with van der Waals surface area (Å²) in [6, 6.07) is 12.0. The summed E-state index contributed by atoms with van der Waals surface area (Å²) in [4.78, 5) is 0. The Balaban J connectivity index is 1.82. The average Bonchev–Trinajstić information content (AvgIpc) is 3.26. The van der Waals surface area contributed by atoms with Crippen molar-refractivity contribution in [2.75, 3.05) is 0 Å². The maximum Gasteiger partial charge on any atom is 0.132 e. The number of benzene rings is 2. The molecule has 3 rings (SSSR count). The molecular formula is C17H17Cl2NO. The zero-order chi connectivity index (χ0) is 14.8. The third-order valence-corrected chi connectivity index (χ3v) is 4.01. The predicted molar refractivity (Wildman–Crippen MR) is 87.6 cm³/mol. The zero-order valence-corrected chi connectivity index (χ0v) is 13.3. The fourth-order valence-corrected chi connectivity index (χ4v) is 2.59. The van der Waals surface area contributed by atoms with Crippen LogP contribution >= 0.6 is 23.2 Å². The third kappa shape index (κ3) is 3.91. The van der Waals surface area contributed by atoms with Gasteiger partial charge < -0.3 is 10.1 Å². The van der Waals surface area contributed by atoms with E-state index in [1.165, 1.54) is 12.8 Å². The molecule has 0 unspecified atom stereocenters. The average molecular weight is 322 g/mol. The van der Waals surface area contributed by atoms with Gasteiger partial charge >= 0.3 is 0 Å². The topological polar surface area (TPSA) is 21.3 Å². The molecule has 1 fully saturated rings. The van der Waals surface area contributed by atoms with Crippen LogP contribution in [0.1, 0.15) is 24.0 Å². The molecule has 0 aliphatic heterocycles. The Morgan fingerprint density at radius 1 is 1.05 bits per heavy atom. The molecule has 110 valence electrons. The highest BCUT2D eigenvalue weighted by Crippen LogP contribution is 2.31. The lowest BCUT2D eigenvalue weighted by atomic mass is 10.2. The van der Waals surface area contributed by atoms with Crippen LogP contribution in [0.15, 0.2) is 36.4 Å². The van der Waals surface area contributed by atoms with Crippen LogP contribution in [0.25, 0.3) is 0 Å². The van der Waals surface area contributed by atoms with E-state index < -0.39 is 0 Å². The van der Waals surface area contributed by atoms with Crippen LogP contribution in [-0.2, 0) is 6.54 Å². The molecule has 0 aromatic heterocycles. The van der Waals surface area contributed by atoms with Crippen molar-refractivity contribution in [3.63, 3.8) is 0 Å². The number of hydrogen-bond acceptors (Lipinski definition) is 2. The molecule has 2 nitrogen and oxygen atoms in total. The van der Waals surface area contributed by atoms with Crippen molar-refractivity contribution in [2.45, 2.75) is 32.4 Å². The molecule has 0 spiro atoms. The van der Waals surface area contributed by atoms with E-state index in [0.29, 0.717) is 11.1 Å². The Morgan fingerprint density at radius 3 is 2.38 bits per heavy atom. The SMILES string of the molecule is Cc1cc(Cl)ccc1Oc1ccc(Cl)cc1CNC1CC1. The summed E-state index contributed by atoms with van der Waals surface area (Å²) in [5.41, 5.74) is 2.09. The van der Waals surface area contributed by atoms with Crippen LogP contribution in [-0.4, -0.2) is 6.04 Å². The first kappa shape index (κ1) is 14.7. The van der Waals surface area contributed by atoms with Crippen LogP contribution < -0.4 is 10.1 Å². The highest BCUT2D eigenvalue weighted by atomic mass is 35.5. The second kappa shape index (κ2) is 6.27. The van der Waals surface area contributed by atoms with Gasteiger partial charge in [0.1, 0.15) is 11.5 Å². The summed E-state index contributed by atoms with van der Waals surface area (Å²) in [7, 11) is 0. The number of rotatable bonds is 5. The second-order valence-electron chi connectivity index (χ2n) is 5.42. The van der Waals surface area contributed by atoms with Crippen molar-refractivity contribution < 1.29 is 4.74 Å². The van der Waals surface area contributed by atoms with E-state index in [9.17, 15) is 0 Å². The van der Waals surface area contributed by atoms with E-state index in [1.54, 1.807) is 0 Å². The Hall–Kier alpha value is -1.22. The molecule has 1 N–H and O–H groups in total. The number of halogens is 2. The monoisotopic (exact) mass is 321 g/mol. The van der Waals surface area contributed by atoms with Crippen molar-refractivity contribution in [3.05, 3.63) is 57.6 Å². The van der Waals surface area contributed by atoms with Crippen molar-refractivity contribution in [1.82, 2.24) is 5.32 Å². The molecule has 1 aliphatic rings. The summed E-state index contributed by atoms with van der Waals surface area (Å²) >= 11 is 12.1. The molecule has 0 saturated heterocycles. The highest BCUT2D eigenvalue weighted by molar-refractivity contribution is 6.31. The minimum absolute atomic E-state index is 0.647. The molecule has 0 atom stereocenters. The van der Waals surface area contributed by atoms with Crippen LogP contribution in [0.4, 0.5) is 0 Å². The van der Waals surface area contributed by atoms with Gasteiger partial charge in [0.05, 0.1) is 0 Å². The number of aryl methyl sites for hydroxylation is 1. The van der Waals surface area contributed by atoms with Gasteiger partial charge in [-0.15, -0.1) is 0 Å². The van der Waals surface area contributed by atoms with Crippen LogP contribution in [0.2, 0.25) is 10.0 Å². The van der Waals surface area contributed by atoms with Gasteiger partial charge in [0, 0.05) is 28.2 Å². The normalized spacial score (nSPS) is 14.2. The molecule has 2 aromatic carbocycles. The van der Waals surface area contributed by atoms with Crippen molar-refractivity contribution >= 4 is 23.2 Å². The fraction of sp³-hybridized carbons (Fsp3) is 0.294. The Bertz CT molecular complexity index is 653. The minimum atomic E-state index is 0.647.